The number of pyridine rings is 1. The van der Waals surface area contributed by atoms with Gasteiger partial charge in [-0.25, -0.2) is 19.3 Å². The molecule has 1 saturated heterocycles. The summed E-state index contributed by atoms with van der Waals surface area (Å²) in [7, 11) is 0. The second-order valence-corrected chi connectivity index (χ2v) is 7.12. The van der Waals surface area contributed by atoms with Crippen molar-refractivity contribution in [1.29, 1.82) is 0 Å². The Labute approximate surface area is 172 Å². The van der Waals surface area contributed by atoms with E-state index in [2.05, 4.69) is 34.9 Å². The number of aromatic nitrogens is 7. The lowest BCUT2D eigenvalue weighted by atomic mass is 10.2. The summed E-state index contributed by atoms with van der Waals surface area (Å²) in [5.41, 5.74) is 0.748. The van der Waals surface area contributed by atoms with E-state index in [1.165, 1.54) is 10.7 Å². The number of piperazine rings is 1. The molecule has 0 aromatic carbocycles. The molecule has 152 valence electrons. The summed E-state index contributed by atoms with van der Waals surface area (Å²) in [5, 5.41) is 9.64. The molecule has 5 heterocycles. The van der Waals surface area contributed by atoms with Crippen molar-refractivity contribution in [2.75, 3.05) is 37.6 Å². The van der Waals surface area contributed by atoms with Gasteiger partial charge in [0, 0.05) is 62.8 Å². The molecule has 0 atom stereocenters. The Bertz CT molecular complexity index is 1190. The monoisotopic (exact) mass is 403 g/mol. The minimum Gasteiger partial charge on any atom is -0.353 e. The summed E-state index contributed by atoms with van der Waals surface area (Å²) < 4.78 is 3.16. The van der Waals surface area contributed by atoms with E-state index < -0.39 is 0 Å². The average molecular weight is 403 g/mol. The fourth-order valence-electron chi connectivity index (χ4n) is 3.69. The number of nitrogens with zero attached hydrogens (tertiary/aromatic N) is 9. The molecule has 0 bridgehead atoms. The van der Waals surface area contributed by atoms with Crippen molar-refractivity contribution in [2.24, 2.45) is 0 Å². The summed E-state index contributed by atoms with van der Waals surface area (Å²) in [5.74, 6) is 1.58. The topological polar surface area (TPSA) is 97.9 Å². The van der Waals surface area contributed by atoms with Crippen molar-refractivity contribution in [3.05, 3.63) is 65.7 Å². The standard InChI is InChI=1S/C20H21N9O/c30-19-3-2-18(28-7-1-5-24-28)25-29(19)13-10-26-8-11-27(12-9-26)20-16-4-6-21-14-17(16)22-15-23-20/h1-7,14-15H,8-13H2. The zero-order valence-electron chi connectivity index (χ0n) is 16.4. The molecule has 5 rings (SSSR count). The van der Waals surface area contributed by atoms with E-state index in [1.807, 2.05) is 18.3 Å². The normalized spacial score (nSPS) is 15.0. The van der Waals surface area contributed by atoms with E-state index in [-0.39, 0.29) is 5.56 Å². The second kappa shape index (κ2) is 7.99. The molecule has 30 heavy (non-hydrogen) atoms. The molecule has 0 unspecified atom stereocenters. The van der Waals surface area contributed by atoms with Crippen LogP contribution in [0.15, 0.2) is 60.2 Å². The SMILES string of the molecule is O=c1ccc(-n2cccn2)nn1CCN1CCN(c2ncnc3cnccc23)CC1. The van der Waals surface area contributed by atoms with Gasteiger partial charge in [0.25, 0.3) is 5.56 Å². The highest BCUT2D eigenvalue weighted by Gasteiger charge is 2.20. The van der Waals surface area contributed by atoms with Crippen molar-refractivity contribution >= 4 is 16.7 Å². The van der Waals surface area contributed by atoms with E-state index in [1.54, 1.807) is 35.7 Å². The fourth-order valence-corrected chi connectivity index (χ4v) is 3.69. The Balaban J connectivity index is 1.23. The van der Waals surface area contributed by atoms with Gasteiger partial charge in [0.1, 0.15) is 12.1 Å². The van der Waals surface area contributed by atoms with Gasteiger partial charge in [-0.3, -0.25) is 14.7 Å². The van der Waals surface area contributed by atoms with E-state index in [9.17, 15) is 4.79 Å². The van der Waals surface area contributed by atoms with E-state index in [0.717, 1.165) is 49.4 Å². The van der Waals surface area contributed by atoms with Crippen LogP contribution in [0, 0.1) is 0 Å². The molecule has 10 nitrogen and oxygen atoms in total. The van der Waals surface area contributed by atoms with Gasteiger partial charge < -0.3 is 4.90 Å². The molecule has 1 aliphatic heterocycles. The Kier molecular flexibility index (Phi) is 4.89. The van der Waals surface area contributed by atoms with E-state index in [0.29, 0.717) is 12.4 Å². The zero-order chi connectivity index (χ0) is 20.3. The lowest BCUT2D eigenvalue weighted by Crippen LogP contribution is -2.48. The highest BCUT2D eigenvalue weighted by Crippen LogP contribution is 2.22. The first kappa shape index (κ1) is 18.4. The Morgan fingerprint density at radius 1 is 0.967 bits per heavy atom. The van der Waals surface area contributed by atoms with Crippen molar-refractivity contribution in [2.45, 2.75) is 6.54 Å². The molecule has 0 N–H and O–H groups in total. The number of fused-ring (bicyclic) bond motifs is 1. The van der Waals surface area contributed by atoms with Gasteiger partial charge in [-0.15, -0.1) is 5.10 Å². The lowest BCUT2D eigenvalue weighted by molar-refractivity contribution is 0.242. The van der Waals surface area contributed by atoms with Gasteiger partial charge in [0.2, 0.25) is 0 Å². The maximum absolute atomic E-state index is 12.2. The first-order valence-corrected chi connectivity index (χ1v) is 9.88. The quantitative estimate of drug-likeness (QED) is 0.478. The molecule has 0 amide bonds. The van der Waals surface area contributed by atoms with Crippen LogP contribution in [0.3, 0.4) is 0 Å². The van der Waals surface area contributed by atoms with Gasteiger partial charge in [0.15, 0.2) is 5.82 Å². The summed E-state index contributed by atoms with van der Waals surface area (Å²) in [6.07, 6.45) is 8.63. The van der Waals surface area contributed by atoms with Crippen LogP contribution in [-0.2, 0) is 6.54 Å². The molecule has 0 aliphatic carbocycles. The van der Waals surface area contributed by atoms with Crippen LogP contribution < -0.4 is 10.5 Å². The van der Waals surface area contributed by atoms with E-state index >= 15 is 0 Å². The van der Waals surface area contributed by atoms with Gasteiger partial charge in [-0.1, -0.05) is 0 Å². The third-order valence-corrected chi connectivity index (χ3v) is 5.31. The molecule has 0 radical (unpaired) electrons. The van der Waals surface area contributed by atoms with E-state index in [4.69, 9.17) is 0 Å². The van der Waals surface area contributed by atoms with Crippen LogP contribution >= 0.6 is 0 Å². The minimum absolute atomic E-state index is 0.106. The third-order valence-electron chi connectivity index (χ3n) is 5.31. The molecule has 1 aliphatic rings. The molecule has 4 aromatic rings. The molecule has 0 spiro atoms. The van der Waals surface area contributed by atoms with Gasteiger partial charge in [0.05, 0.1) is 18.3 Å². The molecule has 4 aromatic heterocycles. The number of hydrogen-bond acceptors (Lipinski definition) is 8. The molecule has 0 saturated carbocycles. The van der Waals surface area contributed by atoms with Crippen LogP contribution in [-0.4, -0.2) is 72.1 Å². The summed E-state index contributed by atoms with van der Waals surface area (Å²) in [4.78, 5) is 29.8. The predicted octanol–water partition coefficient (Wildman–Crippen LogP) is 0.589. The molecular formula is C20H21N9O. The average Bonchev–Trinajstić information content (AvgIpc) is 3.34. The number of rotatable bonds is 5. The largest absolute Gasteiger partial charge is 0.353 e. The maximum atomic E-state index is 12.2. The number of hydrogen-bond donors (Lipinski definition) is 0. The highest BCUT2D eigenvalue weighted by atomic mass is 16.1. The first-order chi connectivity index (χ1) is 14.8. The van der Waals surface area contributed by atoms with Crippen LogP contribution in [0.25, 0.3) is 16.7 Å². The minimum atomic E-state index is -0.106. The van der Waals surface area contributed by atoms with Crippen LogP contribution in [0.5, 0.6) is 0 Å². The van der Waals surface area contributed by atoms with Crippen molar-refractivity contribution < 1.29 is 0 Å². The Morgan fingerprint density at radius 3 is 2.70 bits per heavy atom. The van der Waals surface area contributed by atoms with Crippen LogP contribution in [0.1, 0.15) is 0 Å². The molecular weight excluding hydrogens is 382 g/mol. The summed E-state index contributed by atoms with van der Waals surface area (Å²) in [6, 6.07) is 7.01. The smallest absolute Gasteiger partial charge is 0.266 e. The predicted molar refractivity (Wildman–Crippen MR) is 112 cm³/mol. The zero-order valence-corrected chi connectivity index (χ0v) is 16.4. The maximum Gasteiger partial charge on any atom is 0.266 e. The van der Waals surface area contributed by atoms with Gasteiger partial charge in [-0.2, -0.15) is 5.10 Å². The summed E-state index contributed by atoms with van der Waals surface area (Å²) in [6.45, 7) is 4.82. The Hall–Kier alpha value is -3.66. The van der Waals surface area contributed by atoms with Crippen LogP contribution in [0.4, 0.5) is 5.82 Å². The molecule has 10 heteroatoms. The molecule has 1 fully saturated rings. The van der Waals surface area contributed by atoms with Crippen molar-refractivity contribution in [1.82, 2.24) is 39.4 Å². The fraction of sp³-hybridized carbons (Fsp3) is 0.300. The Morgan fingerprint density at radius 2 is 1.87 bits per heavy atom. The van der Waals surface area contributed by atoms with Gasteiger partial charge in [-0.05, 0) is 18.2 Å². The second-order valence-electron chi connectivity index (χ2n) is 7.12. The number of anilines is 1. The first-order valence-electron chi connectivity index (χ1n) is 9.88. The lowest BCUT2D eigenvalue weighted by Gasteiger charge is -2.35. The van der Waals surface area contributed by atoms with Crippen molar-refractivity contribution in [3.63, 3.8) is 0 Å². The summed E-state index contributed by atoms with van der Waals surface area (Å²) >= 11 is 0. The third kappa shape index (κ3) is 3.64. The van der Waals surface area contributed by atoms with Crippen LogP contribution in [0.2, 0.25) is 0 Å². The van der Waals surface area contributed by atoms with Crippen molar-refractivity contribution in [3.8, 4) is 5.82 Å². The van der Waals surface area contributed by atoms with Gasteiger partial charge >= 0.3 is 0 Å². The highest BCUT2D eigenvalue weighted by molar-refractivity contribution is 5.88.